The molecule has 0 spiro atoms. The molecule has 0 aliphatic carbocycles. The standard InChI is InChI=1S/C11H19O3P/c1-6-14-15(12,13)11(7-9(2)3)8-10(4)5/h2,6-7H2,1,3-5H3,(H,12,13). The van der Waals surface area contributed by atoms with Crippen molar-refractivity contribution in [1.29, 1.82) is 0 Å². The third kappa shape index (κ3) is 5.76. The van der Waals surface area contributed by atoms with Crippen molar-refractivity contribution in [3.05, 3.63) is 28.8 Å². The van der Waals surface area contributed by atoms with E-state index in [1.165, 1.54) is 0 Å². The molecule has 0 amide bonds. The molecule has 0 heterocycles. The van der Waals surface area contributed by atoms with E-state index in [2.05, 4.69) is 12.3 Å². The van der Waals surface area contributed by atoms with Crippen LogP contribution >= 0.6 is 7.60 Å². The molecular weight excluding hydrogens is 211 g/mol. The lowest BCUT2D eigenvalue weighted by atomic mass is 10.2. The van der Waals surface area contributed by atoms with Gasteiger partial charge in [0.25, 0.3) is 0 Å². The first kappa shape index (κ1) is 14.4. The molecule has 1 unspecified atom stereocenters. The molecule has 0 saturated carbocycles. The quantitative estimate of drug-likeness (QED) is 0.445. The Morgan fingerprint density at radius 1 is 1.47 bits per heavy atom. The summed E-state index contributed by atoms with van der Waals surface area (Å²) in [6.45, 7) is 11.1. The number of rotatable bonds is 5. The van der Waals surface area contributed by atoms with Crippen molar-refractivity contribution < 1.29 is 14.0 Å². The molecule has 4 heteroatoms. The Morgan fingerprint density at radius 3 is 2.33 bits per heavy atom. The molecule has 0 fully saturated rings. The Balaban J connectivity index is 5.22. The van der Waals surface area contributed by atoms with E-state index in [1.807, 2.05) is 13.8 Å². The lowest BCUT2D eigenvalue weighted by Crippen LogP contribution is -1.93. The summed E-state index contributed by atoms with van der Waals surface area (Å²) in [6.07, 6.45) is 0.346. The van der Waals surface area contributed by atoms with Crippen LogP contribution in [0.15, 0.2) is 28.8 Å². The van der Waals surface area contributed by atoms with E-state index < -0.39 is 7.60 Å². The molecule has 0 aliphatic heterocycles. The smallest absolute Gasteiger partial charge is 0.321 e. The highest BCUT2D eigenvalue weighted by atomic mass is 31.2. The normalized spacial score (nSPS) is 13.9. The summed E-state index contributed by atoms with van der Waals surface area (Å²) in [5.41, 5.74) is 4.53. The highest BCUT2D eigenvalue weighted by molar-refractivity contribution is 7.57. The summed E-state index contributed by atoms with van der Waals surface area (Å²) >= 11 is 0. The van der Waals surface area contributed by atoms with E-state index >= 15 is 0 Å². The minimum atomic E-state index is -3.69. The summed E-state index contributed by atoms with van der Waals surface area (Å²) in [4.78, 5) is 9.65. The van der Waals surface area contributed by atoms with E-state index in [-0.39, 0.29) is 11.9 Å². The van der Waals surface area contributed by atoms with Gasteiger partial charge in [0.2, 0.25) is 0 Å². The first-order chi connectivity index (χ1) is 6.79. The summed E-state index contributed by atoms with van der Waals surface area (Å²) in [5, 5.41) is 0.289. The lowest BCUT2D eigenvalue weighted by Gasteiger charge is -2.12. The molecule has 0 radical (unpaired) electrons. The van der Waals surface area contributed by atoms with Gasteiger partial charge in [0.1, 0.15) is 0 Å². The van der Waals surface area contributed by atoms with Gasteiger partial charge < -0.3 is 9.42 Å². The zero-order valence-corrected chi connectivity index (χ0v) is 10.7. The fraction of sp³-hybridized carbons (Fsp3) is 0.545. The average molecular weight is 230 g/mol. The van der Waals surface area contributed by atoms with Crippen LogP contribution in [-0.4, -0.2) is 11.5 Å². The molecule has 86 valence electrons. The molecule has 0 aromatic heterocycles. The Bertz CT molecular complexity index is 345. The van der Waals surface area contributed by atoms with Crippen molar-refractivity contribution in [2.45, 2.75) is 34.1 Å². The minimum absolute atomic E-state index is 0.206. The topological polar surface area (TPSA) is 46.5 Å². The van der Waals surface area contributed by atoms with Crippen LogP contribution in [0.4, 0.5) is 0 Å². The largest absolute Gasteiger partial charge is 0.362 e. The van der Waals surface area contributed by atoms with Crippen molar-refractivity contribution >= 4 is 7.60 Å². The number of allylic oxidation sites excluding steroid dienone is 2. The van der Waals surface area contributed by atoms with E-state index in [0.29, 0.717) is 6.42 Å². The zero-order valence-electron chi connectivity index (χ0n) is 9.83. The lowest BCUT2D eigenvalue weighted by molar-refractivity contribution is 0.279. The number of hydrogen-bond donors (Lipinski definition) is 1. The van der Waals surface area contributed by atoms with E-state index in [0.717, 1.165) is 11.1 Å². The van der Waals surface area contributed by atoms with Crippen LogP contribution < -0.4 is 0 Å². The van der Waals surface area contributed by atoms with Gasteiger partial charge in [0, 0.05) is 6.42 Å². The summed E-state index contributed by atoms with van der Waals surface area (Å²) in [7, 11) is -3.69. The molecule has 3 nitrogen and oxygen atoms in total. The van der Waals surface area contributed by atoms with Crippen molar-refractivity contribution in [2.75, 3.05) is 6.61 Å². The molecule has 0 aromatic carbocycles. The second kappa shape index (κ2) is 6.09. The van der Waals surface area contributed by atoms with Crippen LogP contribution in [-0.2, 0) is 9.09 Å². The molecule has 0 aromatic rings. The van der Waals surface area contributed by atoms with Gasteiger partial charge in [-0.2, -0.15) is 0 Å². The van der Waals surface area contributed by atoms with Crippen LogP contribution in [0.2, 0.25) is 0 Å². The molecular formula is C11H19O3P. The Labute approximate surface area is 91.7 Å². The molecule has 1 atom stereocenters. The van der Waals surface area contributed by atoms with Crippen molar-refractivity contribution in [2.24, 2.45) is 0 Å². The van der Waals surface area contributed by atoms with Gasteiger partial charge in [-0.25, -0.2) is 0 Å². The molecule has 15 heavy (non-hydrogen) atoms. The Hall–Kier alpha value is -0.590. The summed E-state index contributed by atoms with van der Waals surface area (Å²) < 4.78 is 16.6. The highest BCUT2D eigenvalue weighted by Crippen LogP contribution is 2.52. The monoisotopic (exact) mass is 230 g/mol. The predicted molar refractivity (Wildman–Crippen MR) is 62.8 cm³/mol. The SMILES string of the molecule is C=C(C)CC(=C=C(C)C)P(=O)(O)OCC. The van der Waals surface area contributed by atoms with Crippen LogP contribution in [0.5, 0.6) is 0 Å². The third-order valence-corrected chi connectivity index (χ3v) is 3.07. The Morgan fingerprint density at radius 2 is 2.00 bits per heavy atom. The van der Waals surface area contributed by atoms with Gasteiger partial charge in [-0.1, -0.05) is 12.2 Å². The van der Waals surface area contributed by atoms with Crippen molar-refractivity contribution in [1.82, 2.24) is 0 Å². The minimum Gasteiger partial charge on any atom is -0.321 e. The van der Waals surface area contributed by atoms with Crippen LogP contribution in [0.25, 0.3) is 0 Å². The van der Waals surface area contributed by atoms with E-state index in [9.17, 15) is 9.46 Å². The highest BCUT2D eigenvalue weighted by Gasteiger charge is 2.24. The maximum atomic E-state index is 11.8. The second-order valence-electron chi connectivity index (χ2n) is 3.64. The molecule has 0 bridgehead atoms. The molecule has 0 rings (SSSR count). The van der Waals surface area contributed by atoms with Crippen molar-refractivity contribution in [3.63, 3.8) is 0 Å². The van der Waals surface area contributed by atoms with Crippen LogP contribution in [0, 0.1) is 0 Å². The molecule has 0 aliphatic rings. The predicted octanol–water partition coefficient (Wildman–Crippen LogP) is 3.62. The Kier molecular flexibility index (Phi) is 5.85. The fourth-order valence-corrected chi connectivity index (χ4v) is 2.38. The molecule has 0 saturated heterocycles. The third-order valence-electron chi connectivity index (χ3n) is 1.51. The van der Waals surface area contributed by atoms with Gasteiger partial charge in [-0.3, -0.25) is 4.57 Å². The van der Waals surface area contributed by atoms with Gasteiger partial charge >= 0.3 is 7.60 Å². The van der Waals surface area contributed by atoms with E-state index in [1.54, 1.807) is 13.8 Å². The second-order valence-corrected chi connectivity index (χ2v) is 5.48. The van der Waals surface area contributed by atoms with Crippen LogP contribution in [0.1, 0.15) is 34.1 Å². The number of hydrogen-bond acceptors (Lipinski definition) is 2. The van der Waals surface area contributed by atoms with Gasteiger partial charge in [0.05, 0.1) is 11.9 Å². The summed E-state index contributed by atoms with van der Waals surface area (Å²) in [6, 6.07) is 0. The van der Waals surface area contributed by atoms with Crippen molar-refractivity contribution in [3.8, 4) is 0 Å². The maximum absolute atomic E-state index is 11.8. The first-order valence-electron chi connectivity index (χ1n) is 4.85. The molecule has 1 N–H and O–H groups in total. The zero-order chi connectivity index (χ0) is 12.1. The van der Waals surface area contributed by atoms with E-state index in [4.69, 9.17) is 4.52 Å². The maximum Gasteiger partial charge on any atom is 0.362 e. The van der Waals surface area contributed by atoms with Gasteiger partial charge in [-0.05, 0) is 33.3 Å². The van der Waals surface area contributed by atoms with Gasteiger partial charge in [0.15, 0.2) is 0 Å². The first-order valence-corrected chi connectivity index (χ1v) is 6.42. The van der Waals surface area contributed by atoms with Crippen LogP contribution in [0.3, 0.4) is 0 Å². The summed E-state index contributed by atoms with van der Waals surface area (Å²) in [5.74, 6) is 0. The fourth-order valence-electron chi connectivity index (χ4n) is 1.04. The van der Waals surface area contributed by atoms with Gasteiger partial charge in [-0.15, -0.1) is 5.73 Å². The average Bonchev–Trinajstić information content (AvgIpc) is 2.00.